The molecule has 0 aromatic carbocycles. The second-order valence-electron chi connectivity index (χ2n) is 2.46. The molecule has 1 N–H and O–H groups in total. The summed E-state index contributed by atoms with van der Waals surface area (Å²) in [6.07, 6.45) is 4.99. The van der Waals surface area contributed by atoms with Gasteiger partial charge in [0.05, 0.1) is 12.3 Å². The van der Waals surface area contributed by atoms with Crippen LogP contribution in [0.3, 0.4) is 0 Å². The van der Waals surface area contributed by atoms with Gasteiger partial charge in [-0.1, -0.05) is 0 Å². The van der Waals surface area contributed by atoms with Crippen LogP contribution >= 0.6 is 0 Å². The predicted octanol–water partition coefficient (Wildman–Crippen LogP) is 0.155. The van der Waals surface area contributed by atoms with Gasteiger partial charge in [-0.2, -0.15) is 5.10 Å². The number of aliphatic hydroxyl groups excluding tert-OH is 1. The Labute approximate surface area is 74.7 Å². The highest BCUT2D eigenvalue weighted by Crippen LogP contribution is 1.99. The van der Waals surface area contributed by atoms with Gasteiger partial charge in [0.2, 0.25) is 0 Å². The fourth-order valence-corrected chi connectivity index (χ4v) is 0.970. The summed E-state index contributed by atoms with van der Waals surface area (Å²) in [7, 11) is 0. The van der Waals surface area contributed by atoms with Crippen LogP contribution in [0.2, 0.25) is 0 Å². The lowest BCUT2D eigenvalue weighted by molar-refractivity contribution is 0.276. The van der Waals surface area contributed by atoms with Gasteiger partial charge in [-0.3, -0.25) is 0 Å². The number of hydrogen-bond acceptors (Lipinski definition) is 4. The zero-order chi connectivity index (χ0) is 9.10. The minimum absolute atomic E-state index is 0.0865. The van der Waals surface area contributed by atoms with Crippen LogP contribution in [0.25, 0.3) is 5.95 Å². The number of nitrogens with zero attached hydrogens (tertiary/aromatic N) is 4. The number of aliphatic hydroxyl groups is 1. The standard InChI is InChI=1S/C8H8N4O/c13-6-7-2-4-9-8(11-7)12-5-1-3-10-12/h1-5,13H,6H2. The third-order valence-corrected chi connectivity index (χ3v) is 1.57. The Morgan fingerprint density at radius 1 is 1.38 bits per heavy atom. The summed E-state index contributed by atoms with van der Waals surface area (Å²) >= 11 is 0. The minimum atomic E-state index is -0.0865. The first-order chi connectivity index (χ1) is 6.40. The molecule has 2 aromatic heterocycles. The van der Waals surface area contributed by atoms with Crippen molar-refractivity contribution in [3.8, 4) is 5.95 Å². The largest absolute Gasteiger partial charge is 0.390 e. The van der Waals surface area contributed by atoms with E-state index >= 15 is 0 Å². The van der Waals surface area contributed by atoms with E-state index in [1.54, 1.807) is 35.4 Å². The molecule has 0 atom stereocenters. The molecular formula is C8H8N4O. The fraction of sp³-hybridized carbons (Fsp3) is 0.125. The first-order valence-corrected chi connectivity index (χ1v) is 3.83. The second kappa shape index (κ2) is 3.32. The fourth-order valence-electron chi connectivity index (χ4n) is 0.970. The Bertz CT molecular complexity index is 385. The number of rotatable bonds is 2. The Kier molecular flexibility index (Phi) is 2.01. The normalized spacial score (nSPS) is 10.2. The van der Waals surface area contributed by atoms with E-state index in [2.05, 4.69) is 15.1 Å². The minimum Gasteiger partial charge on any atom is -0.390 e. The molecule has 0 aliphatic heterocycles. The predicted molar refractivity (Wildman–Crippen MR) is 45.1 cm³/mol. The molecule has 2 heterocycles. The van der Waals surface area contributed by atoms with Gasteiger partial charge in [-0.15, -0.1) is 0 Å². The second-order valence-corrected chi connectivity index (χ2v) is 2.46. The maximum absolute atomic E-state index is 8.84. The molecule has 0 aliphatic rings. The molecule has 5 heteroatoms. The molecule has 0 amide bonds. The SMILES string of the molecule is OCc1ccnc(-n2cccn2)n1. The van der Waals surface area contributed by atoms with Gasteiger partial charge in [0.1, 0.15) is 0 Å². The van der Waals surface area contributed by atoms with Crippen molar-refractivity contribution in [3.05, 3.63) is 36.4 Å². The Morgan fingerprint density at radius 2 is 2.31 bits per heavy atom. The van der Waals surface area contributed by atoms with Crippen molar-refractivity contribution in [2.24, 2.45) is 0 Å². The molecule has 13 heavy (non-hydrogen) atoms. The molecular weight excluding hydrogens is 168 g/mol. The highest BCUT2D eigenvalue weighted by molar-refractivity contribution is 5.12. The van der Waals surface area contributed by atoms with Crippen LogP contribution in [-0.4, -0.2) is 24.9 Å². The zero-order valence-electron chi connectivity index (χ0n) is 6.83. The molecule has 66 valence electrons. The van der Waals surface area contributed by atoms with Crippen LogP contribution in [0.5, 0.6) is 0 Å². The van der Waals surface area contributed by atoms with Crippen molar-refractivity contribution < 1.29 is 5.11 Å². The Morgan fingerprint density at radius 3 is 3.00 bits per heavy atom. The molecule has 5 nitrogen and oxygen atoms in total. The molecule has 2 rings (SSSR count). The Balaban J connectivity index is 2.41. The summed E-state index contributed by atoms with van der Waals surface area (Å²) in [5.41, 5.74) is 0.584. The summed E-state index contributed by atoms with van der Waals surface area (Å²) in [4.78, 5) is 8.08. The highest BCUT2D eigenvalue weighted by atomic mass is 16.3. The summed E-state index contributed by atoms with van der Waals surface area (Å²) in [6, 6.07) is 3.45. The summed E-state index contributed by atoms with van der Waals surface area (Å²) in [5.74, 6) is 0.469. The van der Waals surface area contributed by atoms with Gasteiger partial charge in [-0.25, -0.2) is 14.6 Å². The van der Waals surface area contributed by atoms with Crippen LogP contribution in [-0.2, 0) is 6.61 Å². The molecule has 2 aromatic rings. The molecule has 0 bridgehead atoms. The average Bonchev–Trinajstić information content (AvgIpc) is 2.71. The van der Waals surface area contributed by atoms with Crippen molar-refractivity contribution in [2.45, 2.75) is 6.61 Å². The van der Waals surface area contributed by atoms with Gasteiger partial charge in [-0.05, 0) is 12.1 Å². The van der Waals surface area contributed by atoms with Gasteiger partial charge in [0, 0.05) is 18.6 Å². The Hall–Kier alpha value is -1.75. The summed E-state index contributed by atoms with van der Waals surface area (Å²) in [5, 5.41) is 12.8. The highest BCUT2D eigenvalue weighted by Gasteiger charge is 1.99. The molecule has 0 spiro atoms. The summed E-state index contributed by atoms with van der Waals surface area (Å²) < 4.78 is 1.54. The molecule has 0 unspecified atom stereocenters. The van der Waals surface area contributed by atoms with Crippen LogP contribution < -0.4 is 0 Å². The van der Waals surface area contributed by atoms with Crippen LogP contribution in [0.1, 0.15) is 5.69 Å². The average molecular weight is 176 g/mol. The molecule has 0 radical (unpaired) electrons. The maximum atomic E-state index is 8.84. The van der Waals surface area contributed by atoms with Crippen molar-refractivity contribution in [1.82, 2.24) is 19.7 Å². The molecule has 0 saturated carbocycles. The molecule has 0 aliphatic carbocycles. The van der Waals surface area contributed by atoms with Crippen LogP contribution in [0.4, 0.5) is 0 Å². The third kappa shape index (κ3) is 1.54. The van der Waals surface area contributed by atoms with Crippen molar-refractivity contribution in [1.29, 1.82) is 0 Å². The van der Waals surface area contributed by atoms with E-state index in [-0.39, 0.29) is 6.61 Å². The van der Waals surface area contributed by atoms with E-state index in [0.717, 1.165) is 0 Å². The quantitative estimate of drug-likeness (QED) is 0.707. The first kappa shape index (κ1) is 7.88. The van der Waals surface area contributed by atoms with Crippen LogP contribution in [0.15, 0.2) is 30.7 Å². The topological polar surface area (TPSA) is 63.8 Å². The summed E-state index contributed by atoms with van der Waals surface area (Å²) in [6.45, 7) is -0.0865. The van der Waals surface area contributed by atoms with Crippen molar-refractivity contribution >= 4 is 0 Å². The van der Waals surface area contributed by atoms with E-state index in [0.29, 0.717) is 11.6 Å². The molecule has 0 saturated heterocycles. The smallest absolute Gasteiger partial charge is 0.250 e. The number of hydrogen-bond donors (Lipinski definition) is 1. The van der Waals surface area contributed by atoms with E-state index in [1.807, 2.05) is 0 Å². The van der Waals surface area contributed by atoms with E-state index in [1.165, 1.54) is 0 Å². The lowest BCUT2D eigenvalue weighted by atomic mass is 10.4. The zero-order valence-corrected chi connectivity index (χ0v) is 6.83. The lowest BCUT2D eigenvalue weighted by Crippen LogP contribution is -2.03. The van der Waals surface area contributed by atoms with E-state index in [4.69, 9.17) is 5.11 Å². The maximum Gasteiger partial charge on any atom is 0.250 e. The van der Waals surface area contributed by atoms with Crippen molar-refractivity contribution in [2.75, 3.05) is 0 Å². The molecule has 0 fully saturated rings. The monoisotopic (exact) mass is 176 g/mol. The van der Waals surface area contributed by atoms with Gasteiger partial charge in [0.15, 0.2) is 0 Å². The van der Waals surface area contributed by atoms with E-state index in [9.17, 15) is 0 Å². The third-order valence-electron chi connectivity index (χ3n) is 1.57. The lowest BCUT2D eigenvalue weighted by Gasteiger charge is -1.99. The van der Waals surface area contributed by atoms with Gasteiger partial charge >= 0.3 is 0 Å². The van der Waals surface area contributed by atoms with Gasteiger partial charge in [0.25, 0.3) is 5.95 Å². The van der Waals surface area contributed by atoms with Crippen molar-refractivity contribution in [3.63, 3.8) is 0 Å². The van der Waals surface area contributed by atoms with Gasteiger partial charge < -0.3 is 5.11 Å². The number of aromatic nitrogens is 4. The van der Waals surface area contributed by atoms with E-state index < -0.39 is 0 Å². The first-order valence-electron chi connectivity index (χ1n) is 3.83. The van der Waals surface area contributed by atoms with Crippen LogP contribution in [0, 0.1) is 0 Å².